The van der Waals surface area contributed by atoms with Gasteiger partial charge in [0.2, 0.25) is 0 Å². The van der Waals surface area contributed by atoms with Crippen LogP contribution in [0, 0.1) is 5.92 Å². The van der Waals surface area contributed by atoms with Gasteiger partial charge in [0, 0.05) is 18.6 Å². The lowest BCUT2D eigenvalue weighted by molar-refractivity contribution is 0.156. The van der Waals surface area contributed by atoms with Gasteiger partial charge in [-0.1, -0.05) is 13.8 Å². The van der Waals surface area contributed by atoms with E-state index in [4.69, 9.17) is 0 Å². The fourth-order valence-corrected chi connectivity index (χ4v) is 2.69. The Morgan fingerprint density at radius 1 is 1.50 bits per heavy atom. The van der Waals surface area contributed by atoms with Gasteiger partial charge < -0.3 is 10.2 Å². The number of urea groups is 1. The summed E-state index contributed by atoms with van der Waals surface area (Å²) in [4.78, 5) is 14.3. The van der Waals surface area contributed by atoms with Crippen molar-refractivity contribution in [2.45, 2.75) is 52.2 Å². The monoisotopic (exact) mass is 266 g/mol. The number of thiophene rings is 1. The molecule has 1 saturated carbocycles. The van der Waals surface area contributed by atoms with Gasteiger partial charge in [-0.3, -0.25) is 0 Å². The number of hydrogen-bond acceptors (Lipinski definition) is 2. The summed E-state index contributed by atoms with van der Waals surface area (Å²) in [5.74, 6) is 0.498. The van der Waals surface area contributed by atoms with Crippen molar-refractivity contribution >= 4 is 17.4 Å². The van der Waals surface area contributed by atoms with Crippen molar-refractivity contribution in [3.05, 3.63) is 22.4 Å². The average molecular weight is 266 g/mol. The Hall–Kier alpha value is -1.03. The first-order chi connectivity index (χ1) is 8.59. The molecular formula is C14H22N2OS. The van der Waals surface area contributed by atoms with Crippen LogP contribution in [0.15, 0.2) is 16.8 Å². The molecule has 0 aromatic carbocycles. The smallest absolute Gasteiger partial charge is 0.318 e. The summed E-state index contributed by atoms with van der Waals surface area (Å²) in [5.41, 5.74) is 1.18. The second kappa shape index (κ2) is 5.74. The van der Waals surface area contributed by atoms with Crippen molar-refractivity contribution in [3.8, 4) is 0 Å². The van der Waals surface area contributed by atoms with E-state index >= 15 is 0 Å². The van der Waals surface area contributed by atoms with Crippen molar-refractivity contribution in [2.24, 2.45) is 5.92 Å². The first-order valence-electron chi connectivity index (χ1n) is 6.67. The molecule has 1 aliphatic carbocycles. The number of rotatable bonds is 5. The molecule has 4 heteroatoms. The van der Waals surface area contributed by atoms with E-state index in [1.54, 1.807) is 11.3 Å². The van der Waals surface area contributed by atoms with Crippen molar-refractivity contribution in [2.75, 3.05) is 0 Å². The van der Waals surface area contributed by atoms with Gasteiger partial charge >= 0.3 is 6.03 Å². The van der Waals surface area contributed by atoms with E-state index < -0.39 is 0 Å². The number of nitrogens with one attached hydrogen (secondary N) is 1. The molecule has 1 heterocycles. The largest absolute Gasteiger partial charge is 0.334 e. The number of carbonyl (C=O) groups excluding carboxylic acids is 1. The molecule has 0 saturated heterocycles. The van der Waals surface area contributed by atoms with E-state index in [0.717, 1.165) is 12.8 Å². The Bertz CT molecular complexity index is 385. The minimum atomic E-state index is 0.0879. The van der Waals surface area contributed by atoms with Crippen LogP contribution in [0.3, 0.4) is 0 Å². The lowest BCUT2D eigenvalue weighted by atomic mass is 10.0. The zero-order valence-corrected chi connectivity index (χ0v) is 12.2. The predicted octanol–water partition coefficient (Wildman–Crippen LogP) is 3.47. The summed E-state index contributed by atoms with van der Waals surface area (Å²) >= 11 is 1.66. The third-order valence-corrected chi connectivity index (χ3v) is 4.33. The van der Waals surface area contributed by atoms with E-state index in [0.29, 0.717) is 24.5 Å². The molecule has 0 bridgehead atoms. The lowest BCUT2D eigenvalue weighted by Crippen LogP contribution is -2.48. The Morgan fingerprint density at radius 3 is 2.72 bits per heavy atom. The van der Waals surface area contributed by atoms with Crippen LogP contribution in [0.5, 0.6) is 0 Å². The van der Waals surface area contributed by atoms with Crippen LogP contribution in [0.4, 0.5) is 4.79 Å². The SMILES string of the molecule is CC(C)[C@@H](C)N(C(=O)NCc1ccsc1)C1CC1. The van der Waals surface area contributed by atoms with Crippen molar-refractivity contribution in [1.29, 1.82) is 0 Å². The first-order valence-corrected chi connectivity index (χ1v) is 7.61. The molecule has 2 rings (SSSR count). The summed E-state index contributed by atoms with van der Waals surface area (Å²) in [5, 5.41) is 7.15. The van der Waals surface area contributed by atoms with Gasteiger partial charge in [-0.25, -0.2) is 4.79 Å². The molecule has 1 aliphatic rings. The standard InChI is InChI=1S/C14H22N2OS/c1-10(2)11(3)16(13-4-5-13)14(17)15-8-12-6-7-18-9-12/h6-7,9-11,13H,4-5,8H2,1-3H3,(H,15,17)/t11-/m1/s1. The normalized spacial score (nSPS) is 16.7. The zero-order valence-electron chi connectivity index (χ0n) is 11.3. The van der Waals surface area contributed by atoms with Crippen LogP contribution in [0.25, 0.3) is 0 Å². The van der Waals surface area contributed by atoms with E-state index in [9.17, 15) is 4.79 Å². The summed E-state index contributed by atoms with van der Waals surface area (Å²) in [6.45, 7) is 7.13. The van der Waals surface area contributed by atoms with Gasteiger partial charge in [0.1, 0.15) is 0 Å². The van der Waals surface area contributed by atoms with Crippen LogP contribution in [0.2, 0.25) is 0 Å². The van der Waals surface area contributed by atoms with E-state index in [2.05, 4.69) is 37.5 Å². The fraction of sp³-hybridized carbons (Fsp3) is 0.643. The van der Waals surface area contributed by atoms with E-state index in [1.165, 1.54) is 5.56 Å². The summed E-state index contributed by atoms with van der Waals surface area (Å²) in [6.07, 6.45) is 2.31. The number of carbonyl (C=O) groups is 1. The molecule has 0 radical (unpaired) electrons. The van der Waals surface area contributed by atoms with Crippen LogP contribution in [-0.2, 0) is 6.54 Å². The molecule has 0 unspecified atom stereocenters. The minimum absolute atomic E-state index is 0.0879. The highest BCUT2D eigenvalue weighted by Crippen LogP contribution is 2.30. The van der Waals surface area contributed by atoms with Crippen molar-refractivity contribution < 1.29 is 4.79 Å². The summed E-state index contributed by atoms with van der Waals surface area (Å²) < 4.78 is 0. The predicted molar refractivity (Wildman–Crippen MR) is 75.7 cm³/mol. The maximum atomic E-state index is 12.3. The molecule has 3 nitrogen and oxygen atoms in total. The maximum Gasteiger partial charge on any atom is 0.318 e. The topological polar surface area (TPSA) is 32.3 Å². The van der Waals surface area contributed by atoms with Gasteiger partial charge in [0.25, 0.3) is 0 Å². The molecule has 1 atom stereocenters. The van der Waals surface area contributed by atoms with Crippen molar-refractivity contribution in [1.82, 2.24) is 10.2 Å². The van der Waals surface area contributed by atoms with Gasteiger partial charge in [0.15, 0.2) is 0 Å². The number of amides is 2. The molecule has 0 aliphatic heterocycles. The first kappa shape index (κ1) is 13.4. The highest BCUT2D eigenvalue weighted by molar-refractivity contribution is 7.07. The summed E-state index contributed by atoms with van der Waals surface area (Å²) in [7, 11) is 0. The maximum absolute atomic E-state index is 12.3. The van der Waals surface area contributed by atoms with E-state index in [-0.39, 0.29) is 6.03 Å². The quantitative estimate of drug-likeness (QED) is 0.869. The zero-order chi connectivity index (χ0) is 13.1. The van der Waals surface area contributed by atoms with Gasteiger partial charge in [-0.15, -0.1) is 0 Å². The highest BCUT2D eigenvalue weighted by Gasteiger charge is 2.36. The Labute approximate surface area is 113 Å². The second-order valence-corrected chi connectivity index (χ2v) is 6.19. The number of hydrogen-bond donors (Lipinski definition) is 1. The van der Waals surface area contributed by atoms with Crippen LogP contribution < -0.4 is 5.32 Å². The average Bonchev–Trinajstić information content (AvgIpc) is 3.02. The van der Waals surface area contributed by atoms with Crippen LogP contribution in [0.1, 0.15) is 39.2 Å². The molecule has 1 aromatic heterocycles. The number of nitrogens with zero attached hydrogens (tertiary/aromatic N) is 1. The summed E-state index contributed by atoms with van der Waals surface area (Å²) in [6, 6.07) is 2.91. The lowest BCUT2D eigenvalue weighted by Gasteiger charge is -2.32. The third-order valence-electron chi connectivity index (χ3n) is 3.60. The molecule has 1 fully saturated rings. The van der Waals surface area contributed by atoms with Crippen LogP contribution >= 0.6 is 11.3 Å². The third kappa shape index (κ3) is 3.25. The molecule has 100 valence electrons. The van der Waals surface area contributed by atoms with Crippen LogP contribution in [-0.4, -0.2) is 23.0 Å². The molecule has 1 aromatic rings. The van der Waals surface area contributed by atoms with Gasteiger partial charge in [-0.05, 0) is 48.1 Å². The molecule has 0 spiro atoms. The minimum Gasteiger partial charge on any atom is -0.334 e. The highest BCUT2D eigenvalue weighted by atomic mass is 32.1. The van der Waals surface area contributed by atoms with Crippen molar-refractivity contribution in [3.63, 3.8) is 0 Å². The van der Waals surface area contributed by atoms with E-state index in [1.807, 2.05) is 10.3 Å². The Morgan fingerprint density at radius 2 is 2.22 bits per heavy atom. The van der Waals surface area contributed by atoms with Gasteiger partial charge in [0.05, 0.1) is 0 Å². The fourth-order valence-electron chi connectivity index (χ4n) is 2.02. The Balaban J connectivity index is 1.91. The Kier molecular flexibility index (Phi) is 4.27. The molecule has 2 amide bonds. The van der Waals surface area contributed by atoms with Gasteiger partial charge in [-0.2, -0.15) is 11.3 Å². The molecular weight excluding hydrogens is 244 g/mol. The molecule has 1 N–H and O–H groups in total. The second-order valence-electron chi connectivity index (χ2n) is 5.41. The molecule has 18 heavy (non-hydrogen) atoms.